The van der Waals surface area contributed by atoms with Gasteiger partial charge in [0.05, 0.1) is 6.07 Å². The van der Waals surface area contributed by atoms with Gasteiger partial charge < -0.3 is 10.8 Å². The number of nitrogens with zero attached hydrogens (tertiary/aromatic N) is 1. The van der Waals surface area contributed by atoms with Gasteiger partial charge >= 0.3 is 0 Å². The number of rotatable bonds is 1. The highest BCUT2D eigenvalue weighted by molar-refractivity contribution is 5.39. The normalized spacial score (nSPS) is 12.1. The highest BCUT2D eigenvalue weighted by atomic mass is 16.3. The van der Waals surface area contributed by atoms with E-state index in [0.29, 0.717) is 5.56 Å². The standard InChI is InChI=1S/C9H10N2O/c1-6-2-3-9(12)7(4-6)8(11)5-10/h2-4,8,12H,11H2,1H3. The average molecular weight is 162 g/mol. The molecular formula is C9H10N2O. The predicted molar refractivity (Wildman–Crippen MR) is 45.4 cm³/mol. The first-order valence-electron chi connectivity index (χ1n) is 3.60. The maximum atomic E-state index is 9.31. The van der Waals surface area contributed by atoms with Crippen LogP contribution in [0, 0.1) is 18.3 Å². The predicted octanol–water partition coefficient (Wildman–Crippen LogP) is 1.22. The lowest BCUT2D eigenvalue weighted by Gasteiger charge is -2.06. The second-order valence-corrected chi connectivity index (χ2v) is 2.67. The minimum Gasteiger partial charge on any atom is -0.508 e. The summed E-state index contributed by atoms with van der Waals surface area (Å²) < 4.78 is 0. The summed E-state index contributed by atoms with van der Waals surface area (Å²) in [6, 6.07) is 6.14. The molecule has 0 fully saturated rings. The highest BCUT2D eigenvalue weighted by Crippen LogP contribution is 2.22. The van der Waals surface area contributed by atoms with Gasteiger partial charge in [-0.1, -0.05) is 11.6 Å². The molecule has 0 heterocycles. The number of hydrogen-bond donors (Lipinski definition) is 2. The number of hydrogen-bond acceptors (Lipinski definition) is 3. The van der Waals surface area contributed by atoms with Crippen LogP contribution in [0.3, 0.4) is 0 Å². The Labute approximate surface area is 71.1 Å². The van der Waals surface area contributed by atoms with E-state index in [1.54, 1.807) is 18.2 Å². The van der Waals surface area contributed by atoms with Crippen LogP contribution in [0.5, 0.6) is 5.75 Å². The lowest BCUT2D eigenvalue weighted by Crippen LogP contribution is -2.07. The smallest absolute Gasteiger partial charge is 0.122 e. The van der Waals surface area contributed by atoms with E-state index in [0.717, 1.165) is 5.56 Å². The third-order valence-corrected chi connectivity index (χ3v) is 1.66. The molecule has 0 spiro atoms. The molecule has 0 aliphatic rings. The molecule has 0 radical (unpaired) electrons. The molecule has 0 bridgehead atoms. The van der Waals surface area contributed by atoms with Crippen molar-refractivity contribution in [3.05, 3.63) is 29.3 Å². The van der Waals surface area contributed by atoms with Gasteiger partial charge in [0.1, 0.15) is 11.8 Å². The van der Waals surface area contributed by atoms with Crippen LogP contribution in [-0.4, -0.2) is 5.11 Å². The van der Waals surface area contributed by atoms with Crippen molar-refractivity contribution in [2.45, 2.75) is 13.0 Å². The van der Waals surface area contributed by atoms with Crippen LogP contribution in [0.1, 0.15) is 17.2 Å². The number of nitrogens with two attached hydrogens (primary N) is 1. The van der Waals surface area contributed by atoms with Crippen molar-refractivity contribution in [1.29, 1.82) is 5.26 Å². The van der Waals surface area contributed by atoms with Crippen molar-refractivity contribution in [2.24, 2.45) is 5.73 Å². The summed E-state index contributed by atoms with van der Waals surface area (Å²) in [4.78, 5) is 0. The van der Waals surface area contributed by atoms with Crippen LogP contribution in [0.4, 0.5) is 0 Å². The van der Waals surface area contributed by atoms with Gasteiger partial charge in [-0.15, -0.1) is 0 Å². The van der Waals surface area contributed by atoms with E-state index in [4.69, 9.17) is 11.0 Å². The average Bonchev–Trinajstić information content (AvgIpc) is 2.08. The van der Waals surface area contributed by atoms with Crippen LogP contribution in [0.15, 0.2) is 18.2 Å². The molecule has 62 valence electrons. The molecule has 1 rings (SSSR count). The zero-order chi connectivity index (χ0) is 9.14. The van der Waals surface area contributed by atoms with Crippen LogP contribution in [0.2, 0.25) is 0 Å². The fourth-order valence-corrected chi connectivity index (χ4v) is 0.993. The Morgan fingerprint density at radius 1 is 1.58 bits per heavy atom. The Hall–Kier alpha value is -1.53. The zero-order valence-corrected chi connectivity index (χ0v) is 6.78. The van der Waals surface area contributed by atoms with Gasteiger partial charge in [-0.2, -0.15) is 5.26 Å². The number of aryl methyl sites for hydroxylation is 1. The molecule has 0 saturated carbocycles. The topological polar surface area (TPSA) is 70.0 Å². The summed E-state index contributed by atoms with van der Waals surface area (Å²) in [7, 11) is 0. The van der Waals surface area contributed by atoms with Crippen molar-refractivity contribution in [2.75, 3.05) is 0 Å². The maximum absolute atomic E-state index is 9.31. The summed E-state index contributed by atoms with van der Waals surface area (Å²) in [5.74, 6) is 0.0784. The fourth-order valence-electron chi connectivity index (χ4n) is 0.993. The van der Waals surface area contributed by atoms with Crippen LogP contribution < -0.4 is 5.73 Å². The minimum atomic E-state index is -0.745. The van der Waals surface area contributed by atoms with Crippen LogP contribution >= 0.6 is 0 Å². The van der Waals surface area contributed by atoms with E-state index >= 15 is 0 Å². The van der Waals surface area contributed by atoms with Crippen molar-refractivity contribution < 1.29 is 5.11 Å². The Kier molecular flexibility index (Phi) is 2.32. The molecule has 3 nitrogen and oxygen atoms in total. The molecule has 0 aromatic heterocycles. The Morgan fingerprint density at radius 2 is 2.25 bits per heavy atom. The molecule has 3 heteroatoms. The molecule has 12 heavy (non-hydrogen) atoms. The first-order valence-corrected chi connectivity index (χ1v) is 3.60. The van der Waals surface area contributed by atoms with Crippen molar-refractivity contribution in [3.8, 4) is 11.8 Å². The second-order valence-electron chi connectivity index (χ2n) is 2.67. The Morgan fingerprint density at radius 3 is 2.83 bits per heavy atom. The van der Waals surface area contributed by atoms with Crippen LogP contribution in [-0.2, 0) is 0 Å². The minimum absolute atomic E-state index is 0.0784. The van der Waals surface area contributed by atoms with Gasteiger partial charge in [-0.05, 0) is 19.1 Å². The highest BCUT2D eigenvalue weighted by Gasteiger charge is 2.08. The van der Waals surface area contributed by atoms with Gasteiger partial charge in [-0.25, -0.2) is 0 Å². The summed E-state index contributed by atoms with van der Waals surface area (Å²) in [5, 5.41) is 17.8. The molecule has 0 amide bonds. The van der Waals surface area contributed by atoms with Crippen molar-refractivity contribution in [3.63, 3.8) is 0 Å². The molecule has 1 aromatic carbocycles. The monoisotopic (exact) mass is 162 g/mol. The molecule has 1 aromatic rings. The summed E-state index contributed by atoms with van der Waals surface area (Å²) in [6.07, 6.45) is 0. The number of phenolic OH excluding ortho intramolecular Hbond substituents is 1. The number of benzene rings is 1. The SMILES string of the molecule is Cc1ccc(O)c(C(N)C#N)c1. The largest absolute Gasteiger partial charge is 0.508 e. The van der Waals surface area contributed by atoms with E-state index in [2.05, 4.69) is 0 Å². The lowest BCUT2D eigenvalue weighted by molar-refractivity contribution is 0.466. The van der Waals surface area contributed by atoms with Crippen molar-refractivity contribution in [1.82, 2.24) is 0 Å². The fraction of sp³-hybridized carbons (Fsp3) is 0.222. The third-order valence-electron chi connectivity index (χ3n) is 1.66. The molecule has 1 unspecified atom stereocenters. The molecule has 3 N–H and O–H groups in total. The van der Waals surface area contributed by atoms with E-state index in [1.165, 1.54) is 0 Å². The lowest BCUT2D eigenvalue weighted by atomic mass is 10.1. The van der Waals surface area contributed by atoms with Gasteiger partial charge in [0, 0.05) is 5.56 Å². The first-order chi connectivity index (χ1) is 5.65. The first kappa shape index (κ1) is 8.57. The Bertz CT molecular complexity index is 328. The van der Waals surface area contributed by atoms with Gasteiger partial charge in [0.25, 0.3) is 0 Å². The van der Waals surface area contributed by atoms with Crippen molar-refractivity contribution >= 4 is 0 Å². The van der Waals surface area contributed by atoms with Crippen LogP contribution in [0.25, 0.3) is 0 Å². The number of aromatic hydroxyl groups is 1. The Balaban J connectivity index is 3.15. The summed E-state index contributed by atoms with van der Waals surface area (Å²) in [5.41, 5.74) is 6.91. The van der Waals surface area contributed by atoms with E-state index in [1.807, 2.05) is 13.0 Å². The summed E-state index contributed by atoms with van der Waals surface area (Å²) >= 11 is 0. The van der Waals surface area contributed by atoms with Gasteiger partial charge in [0.2, 0.25) is 0 Å². The second kappa shape index (κ2) is 3.24. The maximum Gasteiger partial charge on any atom is 0.122 e. The van der Waals surface area contributed by atoms with Gasteiger partial charge in [-0.3, -0.25) is 0 Å². The van der Waals surface area contributed by atoms with E-state index in [9.17, 15) is 5.11 Å². The quantitative estimate of drug-likeness (QED) is 0.652. The van der Waals surface area contributed by atoms with E-state index < -0.39 is 6.04 Å². The number of phenols is 1. The molecule has 1 atom stereocenters. The molecular weight excluding hydrogens is 152 g/mol. The van der Waals surface area contributed by atoms with E-state index in [-0.39, 0.29) is 5.75 Å². The molecule has 0 aliphatic heterocycles. The zero-order valence-electron chi connectivity index (χ0n) is 6.78. The third kappa shape index (κ3) is 1.55. The molecule has 0 saturated heterocycles. The number of nitriles is 1. The van der Waals surface area contributed by atoms with Gasteiger partial charge in [0.15, 0.2) is 0 Å². The molecule has 0 aliphatic carbocycles. The summed E-state index contributed by atoms with van der Waals surface area (Å²) in [6.45, 7) is 1.88.